The Kier molecular flexibility index (Phi) is 4.18. The highest BCUT2D eigenvalue weighted by Gasteiger charge is 2.43. The first-order chi connectivity index (χ1) is 9.69. The van der Waals surface area contributed by atoms with Gasteiger partial charge in [-0.2, -0.15) is 13.2 Å². The Hall–Kier alpha value is -1.70. The van der Waals surface area contributed by atoms with Crippen LogP contribution in [0.15, 0.2) is 18.2 Å². The molecule has 2 unspecified atom stereocenters. The zero-order valence-corrected chi connectivity index (χ0v) is 10.7. The van der Waals surface area contributed by atoms with Crippen LogP contribution in [0.2, 0.25) is 0 Å². The summed E-state index contributed by atoms with van der Waals surface area (Å²) in [6.07, 6.45) is -4.47. The van der Waals surface area contributed by atoms with Crippen molar-refractivity contribution in [3.8, 4) is 0 Å². The first-order valence-corrected chi connectivity index (χ1v) is 6.15. The molecule has 1 N–H and O–H groups in total. The van der Waals surface area contributed by atoms with Crippen molar-refractivity contribution in [3.63, 3.8) is 0 Å². The number of benzene rings is 1. The molecule has 1 aliphatic rings. The van der Waals surface area contributed by atoms with Gasteiger partial charge in [-0.25, -0.2) is 8.78 Å². The van der Waals surface area contributed by atoms with Gasteiger partial charge in [0, 0.05) is 19.0 Å². The molecule has 2 atom stereocenters. The van der Waals surface area contributed by atoms with E-state index in [1.54, 1.807) is 0 Å². The molecule has 1 fully saturated rings. The summed E-state index contributed by atoms with van der Waals surface area (Å²) in [6, 6.07) is 3.28. The second-order valence-electron chi connectivity index (χ2n) is 5.00. The van der Waals surface area contributed by atoms with E-state index in [4.69, 9.17) is 5.11 Å². The molecule has 0 aromatic heterocycles. The van der Waals surface area contributed by atoms with E-state index in [1.807, 2.05) is 0 Å². The lowest BCUT2D eigenvalue weighted by molar-refractivity contribution is -0.147. The molecule has 1 aromatic carbocycles. The Bertz CT molecular complexity index is 546. The molecule has 0 saturated carbocycles. The quantitative estimate of drug-likeness (QED) is 0.873. The number of hydrogen-bond donors (Lipinski definition) is 1. The molecule has 0 amide bonds. The van der Waals surface area contributed by atoms with E-state index < -0.39 is 42.2 Å². The highest BCUT2D eigenvalue weighted by molar-refractivity contribution is 5.72. The number of carboxylic acids is 1. The second-order valence-corrected chi connectivity index (χ2v) is 5.00. The minimum absolute atomic E-state index is 0.202. The van der Waals surface area contributed by atoms with Gasteiger partial charge in [0.05, 0.1) is 12.5 Å². The van der Waals surface area contributed by atoms with Gasteiger partial charge in [0.1, 0.15) is 0 Å². The lowest BCUT2D eigenvalue weighted by Crippen LogP contribution is -2.33. The van der Waals surface area contributed by atoms with Gasteiger partial charge in [-0.3, -0.25) is 9.69 Å². The van der Waals surface area contributed by atoms with Crippen molar-refractivity contribution in [2.45, 2.75) is 12.1 Å². The average molecular weight is 309 g/mol. The molecule has 1 heterocycles. The van der Waals surface area contributed by atoms with Crippen LogP contribution in [0.5, 0.6) is 0 Å². The van der Waals surface area contributed by atoms with Crippen LogP contribution in [-0.4, -0.2) is 41.8 Å². The number of hydrogen-bond acceptors (Lipinski definition) is 2. The van der Waals surface area contributed by atoms with Crippen molar-refractivity contribution < 1.29 is 31.9 Å². The fraction of sp³-hybridized carbons (Fsp3) is 0.462. The summed E-state index contributed by atoms with van der Waals surface area (Å²) < 4.78 is 64.1. The summed E-state index contributed by atoms with van der Waals surface area (Å²) in [6.45, 7) is -1.91. The van der Waals surface area contributed by atoms with Crippen molar-refractivity contribution >= 4 is 5.97 Å². The van der Waals surface area contributed by atoms with Crippen molar-refractivity contribution in [2.24, 2.45) is 5.92 Å². The predicted molar refractivity (Wildman–Crippen MR) is 62.7 cm³/mol. The van der Waals surface area contributed by atoms with Gasteiger partial charge in [-0.05, 0) is 11.6 Å². The van der Waals surface area contributed by atoms with Crippen LogP contribution < -0.4 is 0 Å². The Morgan fingerprint density at radius 1 is 1.29 bits per heavy atom. The summed E-state index contributed by atoms with van der Waals surface area (Å²) in [7, 11) is 0. The maximum absolute atomic E-state index is 13.7. The third-order valence-electron chi connectivity index (χ3n) is 3.50. The van der Waals surface area contributed by atoms with Gasteiger partial charge < -0.3 is 5.11 Å². The smallest absolute Gasteiger partial charge is 0.401 e. The third kappa shape index (κ3) is 3.49. The van der Waals surface area contributed by atoms with E-state index in [0.717, 1.165) is 11.0 Å². The molecule has 0 spiro atoms. The van der Waals surface area contributed by atoms with Gasteiger partial charge in [-0.1, -0.05) is 12.1 Å². The van der Waals surface area contributed by atoms with Crippen LogP contribution in [0, 0.1) is 17.6 Å². The SMILES string of the molecule is O=C(O)C1CN(CC(F)(F)F)CC1c1cccc(F)c1F. The molecule has 3 nitrogen and oxygen atoms in total. The summed E-state index contributed by atoms with van der Waals surface area (Å²) in [5.74, 6) is -5.90. The highest BCUT2D eigenvalue weighted by Crippen LogP contribution is 2.36. The maximum atomic E-state index is 13.7. The van der Waals surface area contributed by atoms with E-state index >= 15 is 0 Å². The zero-order chi connectivity index (χ0) is 15.8. The van der Waals surface area contributed by atoms with Crippen molar-refractivity contribution in [3.05, 3.63) is 35.4 Å². The van der Waals surface area contributed by atoms with E-state index in [0.29, 0.717) is 0 Å². The van der Waals surface area contributed by atoms with Crippen LogP contribution in [0.3, 0.4) is 0 Å². The summed E-state index contributed by atoms with van der Waals surface area (Å²) >= 11 is 0. The largest absolute Gasteiger partial charge is 0.481 e. The average Bonchev–Trinajstić information content (AvgIpc) is 2.74. The number of aliphatic carboxylic acids is 1. The number of nitrogens with zero attached hydrogens (tertiary/aromatic N) is 1. The van der Waals surface area contributed by atoms with Crippen molar-refractivity contribution in [1.29, 1.82) is 0 Å². The number of likely N-dealkylation sites (tertiary alicyclic amines) is 1. The Morgan fingerprint density at radius 2 is 1.95 bits per heavy atom. The molecule has 2 rings (SSSR count). The highest BCUT2D eigenvalue weighted by atomic mass is 19.4. The molecule has 0 radical (unpaired) electrons. The maximum Gasteiger partial charge on any atom is 0.401 e. The minimum atomic E-state index is -4.47. The van der Waals surface area contributed by atoms with E-state index in [2.05, 4.69) is 0 Å². The van der Waals surface area contributed by atoms with Crippen LogP contribution in [-0.2, 0) is 4.79 Å². The summed E-state index contributed by atoms with van der Waals surface area (Å²) in [5, 5.41) is 9.10. The molecule has 116 valence electrons. The van der Waals surface area contributed by atoms with E-state index in [9.17, 15) is 26.7 Å². The van der Waals surface area contributed by atoms with E-state index in [-0.39, 0.29) is 18.7 Å². The molecule has 1 aromatic rings. The molecular weight excluding hydrogens is 297 g/mol. The fourth-order valence-electron chi connectivity index (χ4n) is 2.64. The molecule has 8 heteroatoms. The predicted octanol–water partition coefficient (Wildman–Crippen LogP) is 2.63. The van der Waals surface area contributed by atoms with Gasteiger partial charge in [0.25, 0.3) is 0 Å². The number of halogens is 5. The van der Waals surface area contributed by atoms with Crippen LogP contribution in [0.4, 0.5) is 22.0 Å². The van der Waals surface area contributed by atoms with Crippen LogP contribution in [0.25, 0.3) is 0 Å². The molecular formula is C13H12F5NO2. The number of alkyl halides is 3. The topological polar surface area (TPSA) is 40.5 Å². The molecule has 1 saturated heterocycles. The number of carboxylic acid groups (broad SMARTS) is 1. The molecule has 0 aliphatic carbocycles. The van der Waals surface area contributed by atoms with Crippen LogP contribution >= 0.6 is 0 Å². The standard InChI is InChI=1S/C13H12F5NO2/c14-10-3-1-2-7(11(10)15)8-4-19(6-13(16,17)18)5-9(8)12(20)21/h1-3,8-9H,4-6H2,(H,20,21). The first-order valence-electron chi connectivity index (χ1n) is 6.15. The summed E-state index contributed by atoms with van der Waals surface area (Å²) in [4.78, 5) is 12.1. The summed E-state index contributed by atoms with van der Waals surface area (Å²) in [5.41, 5.74) is -0.202. The van der Waals surface area contributed by atoms with Crippen molar-refractivity contribution in [2.75, 3.05) is 19.6 Å². The van der Waals surface area contributed by atoms with Gasteiger partial charge in [-0.15, -0.1) is 0 Å². The molecule has 1 aliphatic heterocycles. The van der Waals surface area contributed by atoms with Gasteiger partial charge in [0.15, 0.2) is 11.6 Å². The minimum Gasteiger partial charge on any atom is -0.481 e. The first kappa shape index (κ1) is 15.7. The fourth-order valence-corrected chi connectivity index (χ4v) is 2.64. The second kappa shape index (κ2) is 5.59. The number of carbonyl (C=O) groups is 1. The molecule has 21 heavy (non-hydrogen) atoms. The monoisotopic (exact) mass is 309 g/mol. The van der Waals surface area contributed by atoms with E-state index in [1.165, 1.54) is 12.1 Å². The molecule has 0 bridgehead atoms. The third-order valence-corrected chi connectivity index (χ3v) is 3.50. The normalized spacial score (nSPS) is 23.5. The Labute approximate surface area is 117 Å². The lowest BCUT2D eigenvalue weighted by atomic mass is 9.88. The Morgan fingerprint density at radius 3 is 2.52 bits per heavy atom. The van der Waals surface area contributed by atoms with Crippen LogP contribution in [0.1, 0.15) is 11.5 Å². The zero-order valence-electron chi connectivity index (χ0n) is 10.7. The van der Waals surface area contributed by atoms with Gasteiger partial charge in [0.2, 0.25) is 0 Å². The Balaban J connectivity index is 2.28. The van der Waals surface area contributed by atoms with Gasteiger partial charge >= 0.3 is 12.1 Å². The number of rotatable bonds is 3. The lowest BCUT2D eigenvalue weighted by Gasteiger charge is -2.18. The van der Waals surface area contributed by atoms with Crippen molar-refractivity contribution in [1.82, 2.24) is 4.90 Å².